The van der Waals surface area contributed by atoms with Gasteiger partial charge in [0, 0.05) is 24.4 Å². The number of methoxy groups -OCH3 is 3. The summed E-state index contributed by atoms with van der Waals surface area (Å²) in [5.74, 6) is 1.78. The van der Waals surface area contributed by atoms with Crippen LogP contribution in [0.15, 0.2) is 48.7 Å². The Morgan fingerprint density at radius 3 is 2.44 bits per heavy atom. The average Bonchev–Trinajstić information content (AvgIpc) is 3.36. The third-order valence-corrected chi connectivity index (χ3v) is 6.20. The van der Waals surface area contributed by atoms with Crippen molar-refractivity contribution in [2.75, 3.05) is 32.8 Å². The summed E-state index contributed by atoms with van der Waals surface area (Å²) in [6, 6.07) is 13.6. The molecule has 0 bridgehead atoms. The Morgan fingerprint density at radius 1 is 1.03 bits per heavy atom. The molecule has 1 aliphatic rings. The molecule has 0 unspecified atom stereocenters. The van der Waals surface area contributed by atoms with Crippen molar-refractivity contribution in [1.82, 2.24) is 9.97 Å². The first-order chi connectivity index (χ1) is 16.5. The van der Waals surface area contributed by atoms with Crippen LogP contribution in [0.1, 0.15) is 46.1 Å². The standard InChI is InChI=1S/C26H29N3O5/c1-32-18-9-6-17(7-10-18)8-13-22-21(25(30)31)16-27-26(28-22)29-14-4-5-23(29)20-12-11-19(33-2)15-24(20)34-3/h6-7,9-12,15-16,23H,4-5,8,13-14H2,1-3H3,(H,30,31)/t23-/m1/s1. The van der Waals surface area contributed by atoms with Gasteiger partial charge < -0.3 is 24.2 Å². The summed E-state index contributed by atoms with van der Waals surface area (Å²) >= 11 is 0. The highest BCUT2D eigenvalue weighted by molar-refractivity contribution is 5.88. The molecule has 1 aromatic heterocycles. The number of carboxylic acid groups (broad SMARTS) is 1. The fourth-order valence-electron chi connectivity index (χ4n) is 4.39. The molecule has 0 aliphatic carbocycles. The summed E-state index contributed by atoms with van der Waals surface area (Å²) in [4.78, 5) is 23.1. The Bertz CT molecular complexity index is 1150. The van der Waals surface area contributed by atoms with E-state index in [9.17, 15) is 9.90 Å². The van der Waals surface area contributed by atoms with Gasteiger partial charge in [0.25, 0.3) is 0 Å². The van der Waals surface area contributed by atoms with E-state index in [-0.39, 0.29) is 11.6 Å². The molecule has 1 atom stereocenters. The van der Waals surface area contributed by atoms with Gasteiger partial charge in [-0.05, 0) is 55.5 Å². The predicted octanol–water partition coefficient (Wildman–Crippen LogP) is 4.33. The number of carbonyl (C=O) groups is 1. The molecule has 4 rings (SSSR count). The van der Waals surface area contributed by atoms with E-state index in [0.29, 0.717) is 24.5 Å². The molecule has 1 N–H and O–H groups in total. The highest BCUT2D eigenvalue weighted by Crippen LogP contribution is 2.40. The van der Waals surface area contributed by atoms with E-state index < -0.39 is 5.97 Å². The van der Waals surface area contributed by atoms with Gasteiger partial charge in [0.15, 0.2) is 0 Å². The van der Waals surface area contributed by atoms with E-state index >= 15 is 0 Å². The monoisotopic (exact) mass is 463 g/mol. The second-order valence-electron chi connectivity index (χ2n) is 8.14. The minimum absolute atomic E-state index is 0.0333. The molecule has 0 amide bonds. The molecule has 8 heteroatoms. The number of carboxylic acids is 1. The highest BCUT2D eigenvalue weighted by atomic mass is 16.5. The van der Waals surface area contributed by atoms with Crippen LogP contribution in [0.2, 0.25) is 0 Å². The summed E-state index contributed by atoms with van der Waals surface area (Å²) in [5, 5.41) is 9.70. The van der Waals surface area contributed by atoms with Crippen LogP contribution in [-0.2, 0) is 12.8 Å². The fraction of sp³-hybridized carbons (Fsp3) is 0.346. The van der Waals surface area contributed by atoms with Gasteiger partial charge in [-0.1, -0.05) is 12.1 Å². The lowest BCUT2D eigenvalue weighted by Gasteiger charge is -2.27. The van der Waals surface area contributed by atoms with E-state index in [1.165, 1.54) is 6.20 Å². The topological polar surface area (TPSA) is 94.0 Å². The fourth-order valence-corrected chi connectivity index (χ4v) is 4.39. The van der Waals surface area contributed by atoms with Crippen LogP contribution in [0, 0.1) is 0 Å². The van der Waals surface area contributed by atoms with Gasteiger partial charge >= 0.3 is 5.97 Å². The van der Waals surface area contributed by atoms with E-state index in [1.54, 1.807) is 21.3 Å². The number of aromatic carboxylic acids is 1. The number of hydrogen-bond acceptors (Lipinski definition) is 7. The number of aryl methyl sites for hydroxylation is 2. The lowest BCUT2D eigenvalue weighted by molar-refractivity contribution is 0.0694. The van der Waals surface area contributed by atoms with Gasteiger partial charge in [-0.15, -0.1) is 0 Å². The number of rotatable bonds is 9. The molecule has 1 saturated heterocycles. The third-order valence-electron chi connectivity index (χ3n) is 6.20. The Kier molecular flexibility index (Phi) is 7.15. The summed E-state index contributed by atoms with van der Waals surface area (Å²) in [5.41, 5.74) is 2.78. The van der Waals surface area contributed by atoms with Crippen molar-refractivity contribution < 1.29 is 24.1 Å². The lowest BCUT2D eigenvalue weighted by Crippen LogP contribution is -2.26. The van der Waals surface area contributed by atoms with Crippen molar-refractivity contribution >= 4 is 11.9 Å². The van der Waals surface area contributed by atoms with Crippen molar-refractivity contribution in [3.8, 4) is 17.2 Å². The number of aromatic nitrogens is 2. The largest absolute Gasteiger partial charge is 0.497 e. The first-order valence-corrected chi connectivity index (χ1v) is 11.2. The molecule has 2 aromatic carbocycles. The van der Waals surface area contributed by atoms with Crippen LogP contribution in [0.3, 0.4) is 0 Å². The number of ether oxygens (including phenoxy) is 3. The van der Waals surface area contributed by atoms with E-state index in [4.69, 9.17) is 19.2 Å². The maximum absolute atomic E-state index is 11.8. The van der Waals surface area contributed by atoms with Crippen LogP contribution >= 0.6 is 0 Å². The second-order valence-corrected chi connectivity index (χ2v) is 8.14. The molecule has 1 fully saturated rings. The minimum Gasteiger partial charge on any atom is -0.497 e. The van der Waals surface area contributed by atoms with Crippen molar-refractivity contribution in [3.63, 3.8) is 0 Å². The predicted molar refractivity (Wildman–Crippen MR) is 128 cm³/mol. The smallest absolute Gasteiger partial charge is 0.339 e. The van der Waals surface area contributed by atoms with Gasteiger partial charge in [0.2, 0.25) is 5.95 Å². The average molecular weight is 464 g/mol. The van der Waals surface area contributed by atoms with Crippen LogP contribution in [0.4, 0.5) is 5.95 Å². The molecule has 8 nitrogen and oxygen atoms in total. The molecule has 0 saturated carbocycles. The summed E-state index contributed by atoms with van der Waals surface area (Å²) < 4.78 is 16.2. The number of nitrogens with zero attached hydrogens (tertiary/aromatic N) is 3. The van der Waals surface area contributed by atoms with Gasteiger partial charge in [0.1, 0.15) is 17.2 Å². The minimum atomic E-state index is -1.02. The third kappa shape index (κ3) is 4.90. The molecule has 0 radical (unpaired) electrons. The molecular formula is C26H29N3O5. The number of anilines is 1. The first-order valence-electron chi connectivity index (χ1n) is 11.2. The zero-order valence-corrected chi connectivity index (χ0v) is 19.7. The van der Waals surface area contributed by atoms with Crippen molar-refractivity contribution in [3.05, 3.63) is 71.0 Å². The summed E-state index contributed by atoms with van der Waals surface area (Å²) in [6.45, 7) is 0.782. The van der Waals surface area contributed by atoms with Crippen molar-refractivity contribution in [2.45, 2.75) is 31.7 Å². The SMILES string of the molecule is COc1ccc(CCc2nc(N3CCC[C@@H]3c3ccc(OC)cc3OC)ncc2C(=O)O)cc1. The molecular weight excluding hydrogens is 434 g/mol. The maximum Gasteiger partial charge on any atom is 0.339 e. The van der Waals surface area contributed by atoms with Gasteiger partial charge in [-0.25, -0.2) is 14.8 Å². The maximum atomic E-state index is 11.8. The second kappa shape index (κ2) is 10.4. The van der Waals surface area contributed by atoms with Crippen molar-refractivity contribution in [2.24, 2.45) is 0 Å². The molecule has 178 valence electrons. The van der Waals surface area contributed by atoms with Gasteiger partial charge in [-0.2, -0.15) is 0 Å². The first kappa shape index (κ1) is 23.4. The molecule has 34 heavy (non-hydrogen) atoms. The molecule has 0 spiro atoms. The summed E-state index contributed by atoms with van der Waals surface area (Å²) in [7, 11) is 4.90. The highest BCUT2D eigenvalue weighted by Gasteiger charge is 2.31. The zero-order valence-electron chi connectivity index (χ0n) is 19.7. The zero-order chi connectivity index (χ0) is 24.1. The van der Waals surface area contributed by atoms with Gasteiger partial charge in [0.05, 0.1) is 38.6 Å². The molecule has 2 heterocycles. The van der Waals surface area contributed by atoms with Crippen LogP contribution in [-0.4, -0.2) is 48.9 Å². The quantitative estimate of drug-likeness (QED) is 0.501. The number of benzene rings is 2. The van der Waals surface area contributed by atoms with E-state index in [2.05, 4.69) is 9.88 Å². The van der Waals surface area contributed by atoms with Crippen molar-refractivity contribution in [1.29, 1.82) is 0 Å². The normalized spacial score (nSPS) is 15.3. The van der Waals surface area contributed by atoms with Crippen LogP contribution in [0.5, 0.6) is 17.2 Å². The lowest BCUT2D eigenvalue weighted by atomic mass is 10.0. The molecule has 3 aromatic rings. The Labute approximate surface area is 199 Å². The Balaban J connectivity index is 1.61. The van der Waals surface area contributed by atoms with Gasteiger partial charge in [-0.3, -0.25) is 0 Å². The summed E-state index contributed by atoms with van der Waals surface area (Å²) in [6.07, 6.45) is 4.48. The van der Waals surface area contributed by atoms with Crippen LogP contribution in [0.25, 0.3) is 0 Å². The van der Waals surface area contributed by atoms with E-state index in [0.717, 1.165) is 47.8 Å². The van der Waals surface area contributed by atoms with Crippen LogP contribution < -0.4 is 19.1 Å². The Hall–Kier alpha value is -3.81. The van der Waals surface area contributed by atoms with E-state index in [1.807, 2.05) is 42.5 Å². The Morgan fingerprint density at radius 2 is 1.76 bits per heavy atom. The molecule has 1 aliphatic heterocycles. The number of hydrogen-bond donors (Lipinski definition) is 1.